The molecule has 0 amide bonds. The van der Waals surface area contributed by atoms with E-state index in [0.717, 1.165) is 6.42 Å². The highest BCUT2D eigenvalue weighted by Crippen LogP contribution is 2.36. The molecular formula is C9H10. The van der Waals surface area contributed by atoms with Crippen molar-refractivity contribution in [3.63, 3.8) is 0 Å². The molecule has 0 bridgehead atoms. The zero-order chi connectivity index (χ0) is 6.27. The smallest absolute Gasteiger partial charge is 0.00669 e. The third-order valence-electron chi connectivity index (χ3n) is 2.04. The maximum atomic E-state index is 3.96. The van der Waals surface area contributed by atoms with Gasteiger partial charge in [0.25, 0.3) is 0 Å². The van der Waals surface area contributed by atoms with E-state index in [1.54, 1.807) is 11.1 Å². The first kappa shape index (κ1) is 5.04. The Labute approximate surface area is 55.6 Å². The Morgan fingerprint density at radius 1 is 1.33 bits per heavy atom. The molecule has 0 heterocycles. The molecule has 0 aromatic carbocycles. The van der Waals surface area contributed by atoms with Gasteiger partial charge in [-0.3, -0.25) is 0 Å². The van der Waals surface area contributed by atoms with Crippen molar-refractivity contribution >= 4 is 0 Å². The van der Waals surface area contributed by atoms with Crippen LogP contribution in [0.2, 0.25) is 0 Å². The maximum Gasteiger partial charge on any atom is -0.00669 e. The summed E-state index contributed by atoms with van der Waals surface area (Å²) in [5, 5.41) is 0. The normalized spacial score (nSPS) is 23.8. The molecule has 0 spiro atoms. The van der Waals surface area contributed by atoms with Gasteiger partial charge in [-0.1, -0.05) is 29.9 Å². The molecule has 9 heavy (non-hydrogen) atoms. The molecule has 0 saturated heterocycles. The minimum absolute atomic E-state index is 1.14. The summed E-state index contributed by atoms with van der Waals surface area (Å²) in [6.07, 6.45) is 7.99. The van der Waals surface area contributed by atoms with Crippen molar-refractivity contribution in [2.24, 2.45) is 0 Å². The van der Waals surface area contributed by atoms with Gasteiger partial charge in [0.1, 0.15) is 0 Å². The lowest BCUT2D eigenvalue weighted by atomic mass is 10.1. The minimum Gasteiger partial charge on any atom is -0.0992 e. The highest BCUT2D eigenvalue weighted by atomic mass is 14.2. The molecule has 0 N–H and O–H groups in total. The van der Waals surface area contributed by atoms with Gasteiger partial charge in [-0.2, -0.15) is 0 Å². The fourth-order valence-corrected chi connectivity index (χ4v) is 1.60. The largest absolute Gasteiger partial charge is 0.0992 e. The maximum absolute atomic E-state index is 3.96. The second-order valence-electron chi connectivity index (χ2n) is 2.84. The Morgan fingerprint density at radius 2 is 2.22 bits per heavy atom. The molecule has 0 saturated carbocycles. The van der Waals surface area contributed by atoms with Crippen LogP contribution in [0.15, 0.2) is 35.5 Å². The van der Waals surface area contributed by atoms with Gasteiger partial charge < -0.3 is 0 Å². The Balaban J connectivity index is 2.32. The van der Waals surface area contributed by atoms with Crippen LogP contribution in [-0.4, -0.2) is 0 Å². The summed E-state index contributed by atoms with van der Waals surface area (Å²) in [4.78, 5) is 0. The Morgan fingerprint density at radius 3 is 3.00 bits per heavy atom. The summed E-state index contributed by atoms with van der Waals surface area (Å²) in [6.45, 7) is 3.96. The third kappa shape index (κ3) is 0.663. The Hall–Kier alpha value is -0.780. The van der Waals surface area contributed by atoms with Gasteiger partial charge in [-0.15, -0.1) is 0 Å². The van der Waals surface area contributed by atoms with Crippen molar-refractivity contribution in [3.8, 4) is 0 Å². The summed E-state index contributed by atoms with van der Waals surface area (Å²) in [6, 6.07) is 0. The van der Waals surface area contributed by atoms with Crippen molar-refractivity contribution in [2.45, 2.75) is 19.3 Å². The molecular weight excluding hydrogens is 108 g/mol. The van der Waals surface area contributed by atoms with Gasteiger partial charge in [0.15, 0.2) is 0 Å². The predicted octanol–water partition coefficient (Wildman–Crippen LogP) is 2.59. The SMILES string of the molecule is C=C1CC2=C(CC=C2)C1. The van der Waals surface area contributed by atoms with E-state index in [4.69, 9.17) is 0 Å². The zero-order valence-corrected chi connectivity index (χ0v) is 5.48. The van der Waals surface area contributed by atoms with Crippen molar-refractivity contribution in [1.82, 2.24) is 0 Å². The minimum atomic E-state index is 1.14. The van der Waals surface area contributed by atoms with Gasteiger partial charge in [0.05, 0.1) is 0 Å². The lowest BCUT2D eigenvalue weighted by molar-refractivity contribution is 1.10. The van der Waals surface area contributed by atoms with E-state index in [1.807, 2.05) is 0 Å². The quantitative estimate of drug-likeness (QED) is 0.429. The zero-order valence-electron chi connectivity index (χ0n) is 5.48. The van der Waals surface area contributed by atoms with Crippen LogP contribution >= 0.6 is 0 Å². The average molecular weight is 118 g/mol. The van der Waals surface area contributed by atoms with Crippen LogP contribution in [0.5, 0.6) is 0 Å². The van der Waals surface area contributed by atoms with Crippen molar-refractivity contribution in [3.05, 3.63) is 35.5 Å². The second-order valence-corrected chi connectivity index (χ2v) is 2.84. The van der Waals surface area contributed by atoms with E-state index < -0.39 is 0 Å². The van der Waals surface area contributed by atoms with E-state index in [1.165, 1.54) is 18.4 Å². The first-order chi connectivity index (χ1) is 4.36. The molecule has 0 fully saturated rings. The van der Waals surface area contributed by atoms with Gasteiger partial charge in [-0.05, 0) is 24.8 Å². The van der Waals surface area contributed by atoms with E-state index in [9.17, 15) is 0 Å². The predicted molar refractivity (Wildman–Crippen MR) is 39.2 cm³/mol. The van der Waals surface area contributed by atoms with Gasteiger partial charge in [0.2, 0.25) is 0 Å². The fraction of sp³-hybridized carbons (Fsp3) is 0.333. The van der Waals surface area contributed by atoms with Crippen molar-refractivity contribution in [2.75, 3.05) is 0 Å². The lowest BCUT2D eigenvalue weighted by Gasteiger charge is -1.91. The van der Waals surface area contributed by atoms with Crippen LogP contribution in [0, 0.1) is 0 Å². The first-order valence-corrected chi connectivity index (χ1v) is 3.40. The molecule has 0 radical (unpaired) electrons. The molecule has 0 aliphatic heterocycles. The lowest BCUT2D eigenvalue weighted by Crippen LogP contribution is -1.72. The van der Waals surface area contributed by atoms with Crippen LogP contribution in [0.25, 0.3) is 0 Å². The molecule has 0 aromatic rings. The number of rotatable bonds is 0. The van der Waals surface area contributed by atoms with E-state index in [0.29, 0.717) is 0 Å². The third-order valence-corrected chi connectivity index (χ3v) is 2.04. The molecule has 46 valence electrons. The molecule has 0 unspecified atom stereocenters. The highest BCUT2D eigenvalue weighted by Gasteiger charge is 2.16. The summed E-state index contributed by atoms with van der Waals surface area (Å²) >= 11 is 0. The molecule has 0 atom stereocenters. The fourth-order valence-electron chi connectivity index (χ4n) is 1.60. The monoisotopic (exact) mass is 118 g/mol. The molecule has 2 rings (SSSR count). The summed E-state index contributed by atoms with van der Waals surface area (Å²) in [5.74, 6) is 0. The summed E-state index contributed by atoms with van der Waals surface area (Å²) in [7, 11) is 0. The number of allylic oxidation sites excluding steroid dienone is 5. The molecule has 2 aliphatic rings. The van der Waals surface area contributed by atoms with Crippen LogP contribution in [0.3, 0.4) is 0 Å². The number of hydrogen-bond donors (Lipinski definition) is 0. The Bertz CT molecular complexity index is 216. The Kier molecular flexibility index (Phi) is 0.895. The van der Waals surface area contributed by atoms with Gasteiger partial charge >= 0.3 is 0 Å². The topological polar surface area (TPSA) is 0 Å². The van der Waals surface area contributed by atoms with Crippen LogP contribution in [0.1, 0.15) is 19.3 Å². The van der Waals surface area contributed by atoms with E-state index in [-0.39, 0.29) is 0 Å². The van der Waals surface area contributed by atoms with Crippen LogP contribution < -0.4 is 0 Å². The van der Waals surface area contributed by atoms with Crippen molar-refractivity contribution in [1.29, 1.82) is 0 Å². The van der Waals surface area contributed by atoms with Gasteiger partial charge in [-0.25, -0.2) is 0 Å². The summed E-state index contributed by atoms with van der Waals surface area (Å²) < 4.78 is 0. The molecule has 2 aliphatic carbocycles. The molecule has 0 heteroatoms. The van der Waals surface area contributed by atoms with Crippen LogP contribution in [0.4, 0.5) is 0 Å². The van der Waals surface area contributed by atoms with E-state index >= 15 is 0 Å². The molecule has 0 nitrogen and oxygen atoms in total. The van der Waals surface area contributed by atoms with Crippen LogP contribution in [-0.2, 0) is 0 Å². The van der Waals surface area contributed by atoms with E-state index in [2.05, 4.69) is 18.7 Å². The first-order valence-electron chi connectivity index (χ1n) is 3.40. The standard InChI is InChI=1S/C9H10/c1-7-5-8-3-2-4-9(8)6-7/h2-3H,1,4-6H2. The second kappa shape index (κ2) is 1.60. The molecule has 0 aromatic heterocycles. The highest BCUT2D eigenvalue weighted by molar-refractivity contribution is 5.43. The average Bonchev–Trinajstić information content (AvgIpc) is 2.22. The van der Waals surface area contributed by atoms with Crippen molar-refractivity contribution < 1.29 is 0 Å². The van der Waals surface area contributed by atoms with Gasteiger partial charge in [0, 0.05) is 0 Å². The summed E-state index contributed by atoms with van der Waals surface area (Å²) in [5.41, 5.74) is 4.55. The number of hydrogen-bond acceptors (Lipinski definition) is 0.